The van der Waals surface area contributed by atoms with Crippen molar-refractivity contribution in [1.29, 1.82) is 0 Å². The summed E-state index contributed by atoms with van der Waals surface area (Å²) in [6.45, 7) is 0. The lowest BCUT2D eigenvalue weighted by atomic mass is 10.1. The molecule has 4 aromatic rings. The summed E-state index contributed by atoms with van der Waals surface area (Å²) in [7, 11) is 0. The lowest BCUT2D eigenvalue weighted by molar-refractivity contribution is 0.0699. The molecule has 0 amide bonds. The second-order valence-corrected chi connectivity index (χ2v) is 7.53. The molecule has 0 saturated heterocycles. The summed E-state index contributed by atoms with van der Waals surface area (Å²) in [6, 6.07) is 18.3. The van der Waals surface area contributed by atoms with Crippen LogP contribution >= 0.6 is 31.9 Å². The fourth-order valence-electron chi connectivity index (χ4n) is 2.77. The molecule has 6 heteroatoms. The second-order valence-electron chi connectivity index (χ2n) is 5.70. The fraction of sp³-hybridized carbons (Fsp3) is 0. The summed E-state index contributed by atoms with van der Waals surface area (Å²) in [6.07, 6.45) is 0. The Balaban J connectivity index is 1.85. The highest BCUT2D eigenvalue weighted by Gasteiger charge is 2.16. The molecule has 128 valence electrons. The van der Waals surface area contributed by atoms with E-state index in [1.807, 2.05) is 36.4 Å². The predicted octanol–water partition coefficient (Wildman–Crippen LogP) is 6.39. The number of aromatic carboxylic acids is 1. The minimum absolute atomic E-state index is 0.187. The molecular weight excluding hydrogens is 462 g/mol. The van der Waals surface area contributed by atoms with Crippen LogP contribution in [0.3, 0.4) is 0 Å². The van der Waals surface area contributed by atoms with Gasteiger partial charge in [-0.1, -0.05) is 44.0 Å². The van der Waals surface area contributed by atoms with Crippen LogP contribution in [0, 0.1) is 0 Å². The molecule has 0 aliphatic rings. The van der Waals surface area contributed by atoms with Gasteiger partial charge in [0.2, 0.25) is 0 Å². The molecule has 2 aromatic heterocycles. The third kappa shape index (κ3) is 3.18. The topological polar surface area (TPSA) is 63.3 Å². The number of carbonyl (C=O) groups is 1. The van der Waals surface area contributed by atoms with Crippen LogP contribution in [-0.4, -0.2) is 16.1 Å². The highest BCUT2D eigenvalue weighted by atomic mass is 79.9. The summed E-state index contributed by atoms with van der Waals surface area (Å²) < 4.78 is 7.69. The van der Waals surface area contributed by atoms with Crippen LogP contribution in [0.1, 0.15) is 10.4 Å². The Morgan fingerprint density at radius 1 is 0.923 bits per heavy atom. The number of aromatic nitrogens is 1. The molecule has 4 rings (SSSR count). The Bertz CT molecular complexity index is 1150. The van der Waals surface area contributed by atoms with Crippen LogP contribution in [0.2, 0.25) is 0 Å². The third-order valence-electron chi connectivity index (χ3n) is 3.97. The van der Waals surface area contributed by atoms with Crippen molar-refractivity contribution in [3.63, 3.8) is 0 Å². The maximum Gasteiger partial charge on any atom is 0.336 e. The van der Waals surface area contributed by atoms with Gasteiger partial charge in [0, 0.05) is 19.9 Å². The second kappa shape index (κ2) is 6.70. The van der Waals surface area contributed by atoms with Crippen LogP contribution in [-0.2, 0) is 0 Å². The molecule has 0 aliphatic carbocycles. The van der Waals surface area contributed by atoms with Crippen molar-refractivity contribution in [3.05, 3.63) is 75.2 Å². The predicted molar refractivity (Wildman–Crippen MR) is 107 cm³/mol. The van der Waals surface area contributed by atoms with Crippen LogP contribution in [0.4, 0.5) is 0 Å². The molecule has 0 bridgehead atoms. The Morgan fingerprint density at radius 3 is 2.46 bits per heavy atom. The molecule has 0 aliphatic heterocycles. The Hall–Kier alpha value is -2.44. The molecule has 26 heavy (non-hydrogen) atoms. The van der Waals surface area contributed by atoms with E-state index in [9.17, 15) is 9.90 Å². The quantitative estimate of drug-likeness (QED) is 0.375. The number of nitrogens with zero attached hydrogens (tertiary/aromatic N) is 1. The van der Waals surface area contributed by atoms with Crippen molar-refractivity contribution >= 4 is 48.7 Å². The average Bonchev–Trinajstić information content (AvgIpc) is 3.11. The maximum atomic E-state index is 11.7. The standard InChI is InChI=1S/C20H11Br2NO3/c21-12-3-1-2-11(8-12)18-6-7-19(26-18)17-10-15(20(24)25)14-9-13(22)4-5-16(14)23-17/h1-10H,(H,24,25). The summed E-state index contributed by atoms with van der Waals surface area (Å²) >= 11 is 6.82. The monoisotopic (exact) mass is 471 g/mol. The summed E-state index contributed by atoms with van der Waals surface area (Å²) in [5, 5.41) is 10.2. The molecule has 0 fully saturated rings. The molecule has 0 saturated carbocycles. The Morgan fingerprint density at radius 2 is 1.69 bits per heavy atom. The van der Waals surface area contributed by atoms with Gasteiger partial charge in [-0.25, -0.2) is 9.78 Å². The van der Waals surface area contributed by atoms with Gasteiger partial charge in [0.05, 0.1) is 11.1 Å². The van der Waals surface area contributed by atoms with Crippen LogP contribution in [0.5, 0.6) is 0 Å². The summed E-state index contributed by atoms with van der Waals surface area (Å²) in [5.41, 5.74) is 2.20. The first-order chi connectivity index (χ1) is 12.5. The van der Waals surface area contributed by atoms with Gasteiger partial charge >= 0.3 is 5.97 Å². The SMILES string of the molecule is O=C(O)c1cc(-c2ccc(-c3cccc(Br)c3)o2)nc2ccc(Br)cc12. The number of furan rings is 1. The van der Waals surface area contributed by atoms with Gasteiger partial charge in [-0.05, 0) is 48.5 Å². The smallest absolute Gasteiger partial charge is 0.336 e. The normalized spacial score (nSPS) is 11.0. The van der Waals surface area contributed by atoms with Gasteiger partial charge in [0.1, 0.15) is 11.5 Å². The molecule has 0 spiro atoms. The minimum Gasteiger partial charge on any atom is -0.478 e. The first-order valence-corrected chi connectivity index (χ1v) is 9.29. The molecular formula is C20H11Br2NO3. The van der Waals surface area contributed by atoms with Gasteiger partial charge in [0.25, 0.3) is 0 Å². The van der Waals surface area contributed by atoms with E-state index in [1.165, 1.54) is 0 Å². The maximum absolute atomic E-state index is 11.7. The minimum atomic E-state index is -1.00. The molecule has 0 unspecified atom stereocenters. The first kappa shape index (κ1) is 17.0. The van der Waals surface area contributed by atoms with Crippen LogP contribution in [0.15, 0.2) is 74.0 Å². The summed E-state index contributed by atoms with van der Waals surface area (Å²) in [5.74, 6) is 0.207. The number of benzene rings is 2. The van der Waals surface area contributed by atoms with Crippen molar-refractivity contribution in [2.24, 2.45) is 0 Å². The van der Waals surface area contributed by atoms with Crippen molar-refractivity contribution in [3.8, 4) is 22.8 Å². The zero-order valence-electron chi connectivity index (χ0n) is 13.2. The number of carboxylic acids is 1. The largest absolute Gasteiger partial charge is 0.478 e. The van der Waals surface area contributed by atoms with Gasteiger partial charge in [0.15, 0.2) is 5.76 Å². The molecule has 2 aromatic carbocycles. The first-order valence-electron chi connectivity index (χ1n) is 7.71. The van der Waals surface area contributed by atoms with Gasteiger partial charge < -0.3 is 9.52 Å². The van der Waals surface area contributed by atoms with E-state index >= 15 is 0 Å². The van der Waals surface area contributed by atoms with Crippen molar-refractivity contribution in [2.45, 2.75) is 0 Å². The van der Waals surface area contributed by atoms with E-state index in [0.717, 1.165) is 14.5 Å². The fourth-order valence-corrected chi connectivity index (χ4v) is 3.53. The lowest BCUT2D eigenvalue weighted by Crippen LogP contribution is -2.00. The zero-order valence-corrected chi connectivity index (χ0v) is 16.4. The highest BCUT2D eigenvalue weighted by Crippen LogP contribution is 2.31. The number of halogens is 2. The molecule has 0 radical (unpaired) electrons. The van der Waals surface area contributed by atoms with E-state index in [1.54, 1.807) is 24.3 Å². The number of carboxylic acid groups (broad SMARTS) is 1. The molecule has 1 N–H and O–H groups in total. The number of pyridine rings is 1. The van der Waals surface area contributed by atoms with Gasteiger partial charge in [-0.15, -0.1) is 0 Å². The zero-order chi connectivity index (χ0) is 18.3. The highest BCUT2D eigenvalue weighted by molar-refractivity contribution is 9.10. The Kier molecular flexibility index (Phi) is 4.38. The van der Waals surface area contributed by atoms with E-state index in [2.05, 4.69) is 36.8 Å². The van der Waals surface area contributed by atoms with E-state index < -0.39 is 5.97 Å². The number of fused-ring (bicyclic) bond motifs is 1. The van der Waals surface area contributed by atoms with Gasteiger partial charge in [-0.3, -0.25) is 0 Å². The third-order valence-corrected chi connectivity index (χ3v) is 4.96. The number of rotatable bonds is 3. The van der Waals surface area contributed by atoms with Crippen LogP contribution < -0.4 is 0 Å². The van der Waals surface area contributed by atoms with Crippen molar-refractivity contribution < 1.29 is 14.3 Å². The average molecular weight is 473 g/mol. The van der Waals surface area contributed by atoms with Crippen LogP contribution in [0.25, 0.3) is 33.7 Å². The van der Waals surface area contributed by atoms with E-state index in [0.29, 0.717) is 28.1 Å². The molecule has 4 nitrogen and oxygen atoms in total. The molecule has 0 atom stereocenters. The number of hydrogen-bond acceptors (Lipinski definition) is 3. The number of hydrogen-bond donors (Lipinski definition) is 1. The Labute approximate surface area is 165 Å². The van der Waals surface area contributed by atoms with Crippen molar-refractivity contribution in [2.75, 3.05) is 0 Å². The van der Waals surface area contributed by atoms with Crippen molar-refractivity contribution in [1.82, 2.24) is 4.98 Å². The van der Waals surface area contributed by atoms with E-state index in [4.69, 9.17) is 4.42 Å². The van der Waals surface area contributed by atoms with Gasteiger partial charge in [-0.2, -0.15) is 0 Å². The van der Waals surface area contributed by atoms with E-state index in [-0.39, 0.29) is 5.56 Å². The lowest BCUT2D eigenvalue weighted by Gasteiger charge is -2.06. The summed E-state index contributed by atoms with van der Waals surface area (Å²) in [4.78, 5) is 16.3. The molecule has 2 heterocycles.